The lowest BCUT2D eigenvalue weighted by Crippen LogP contribution is -2.02. The summed E-state index contributed by atoms with van der Waals surface area (Å²) < 4.78 is 18.6. The maximum Gasteiger partial charge on any atom is 0.314 e. The number of ether oxygens (including phenoxy) is 1. The summed E-state index contributed by atoms with van der Waals surface area (Å²) in [6.45, 7) is -0.109. The van der Waals surface area contributed by atoms with Crippen LogP contribution in [0.3, 0.4) is 0 Å². The Kier molecular flexibility index (Phi) is 3.91. The molecule has 0 atom stereocenters. The Morgan fingerprint density at radius 1 is 1.32 bits per heavy atom. The van der Waals surface area contributed by atoms with Crippen molar-refractivity contribution in [3.05, 3.63) is 63.2 Å². The summed E-state index contributed by atoms with van der Waals surface area (Å²) in [6, 6.07) is 8.37. The highest BCUT2D eigenvalue weighted by molar-refractivity contribution is 6.29. The molecule has 0 N–H and O–H groups in total. The molecule has 0 amide bonds. The Bertz CT molecular complexity index is 622. The number of benzene rings is 1. The number of nitrogens with zero attached hydrogens (tertiary/aromatic N) is 2. The first-order valence-corrected chi connectivity index (χ1v) is 5.63. The van der Waals surface area contributed by atoms with Crippen LogP contribution in [0, 0.1) is 15.9 Å². The van der Waals surface area contributed by atoms with Crippen LogP contribution in [0.5, 0.6) is 5.75 Å². The second-order valence-electron chi connectivity index (χ2n) is 3.59. The summed E-state index contributed by atoms with van der Waals surface area (Å²) in [5.74, 6) is -1.20. The van der Waals surface area contributed by atoms with Crippen molar-refractivity contribution in [1.82, 2.24) is 4.98 Å². The molecule has 7 heteroatoms. The van der Waals surface area contributed by atoms with E-state index in [1.54, 1.807) is 18.2 Å². The van der Waals surface area contributed by atoms with Gasteiger partial charge in [0.25, 0.3) is 0 Å². The maximum absolute atomic E-state index is 13.5. The summed E-state index contributed by atoms with van der Waals surface area (Å²) in [7, 11) is 0. The van der Waals surface area contributed by atoms with Gasteiger partial charge in [0.15, 0.2) is 5.82 Å². The average Bonchev–Trinajstić information content (AvgIpc) is 2.37. The molecule has 2 aromatic rings. The average molecular weight is 283 g/mol. The van der Waals surface area contributed by atoms with Crippen LogP contribution in [-0.2, 0) is 6.61 Å². The quantitative estimate of drug-likeness (QED) is 0.490. The van der Waals surface area contributed by atoms with Crippen LogP contribution in [0.15, 0.2) is 36.4 Å². The summed E-state index contributed by atoms with van der Waals surface area (Å²) in [5.41, 5.74) is 0.0204. The summed E-state index contributed by atoms with van der Waals surface area (Å²) in [5, 5.41) is 11.0. The molecule has 0 unspecified atom stereocenters. The van der Waals surface area contributed by atoms with Crippen molar-refractivity contribution in [2.24, 2.45) is 0 Å². The van der Waals surface area contributed by atoms with Crippen LogP contribution >= 0.6 is 11.6 Å². The highest BCUT2D eigenvalue weighted by Gasteiger charge is 2.19. The minimum absolute atomic E-state index is 0.109. The number of nitro benzene ring substituents is 1. The second-order valence-corrected chi connectivity index (χ2v) is 3.97. The zero-order chi connectivity index (χ0) is 13.8. The van der Waals surface area contributed by atoms with Crippen LogP contribution in [0.4, 0.5) is 10.1 Å². The molecular formula is C12H8ClFN2O3. The van der Waals surface area contributed by atoms with Gasteiger partial charge in [0.05, 0.1) is 10.6 Å². The van der Waals surface area contributed by atoms with Crippen molar-refractivity contribution in [3.63, 3.8) is 0 Å². The third kappa shape index (κ3) is 3.17. The lowest BCUT2D eigenvalue weighted by Gasteiger charge is -2.07. The highest BCUT2D eigenvalue weighted by Crippen LogP contribution is 2.30. The van der Waals surface area contributed by atoms with Gasteiger partial charge in [-0.25, -0.2) is 9.37 Å². The largest absolute Gasteiger partial charge is 0.478 e. The minimum atomic E-state index is -0.795. The van der Waals surface area contributed by atoms with Gasteiger partial charge in [-0.1, -0.05) is 23.7 Å². The molecule has 0 aliphatic rings. The van der Waals surface area contributed by atoms with Crippen molar-refractivity contribution in [2.75, 3.05) is 0 Å². The molecular weight excluding hydrogens is 275 g/mol. The fraction of sp³-hybridized carbons (Fsp3) is 0.0833. The van der Waals surface area contributed by atoms with Gasteiger partial charge in [-0.15, -0.1) is 0 Å². The van der Waals surface area contributed by atoms with Crippen molar-refractivity contribution >= 4 is 17.3 Å². The van der Waals surface area contributed by atoms with Crippen LogP contribution in [0.1, 0.15) is 5.69 Å². The van der Waals surface area contributed by atoms with Crippen molar-refractivity contribution in [1.29, 1.82) is 0 Å². The van der Waals surface area contributed by atoms with Gasteiger partial charge in [-0.2, -0.15) is 0 Å². The van der Waals surface area contributed by atoms with Gasteiger partial charge in [0.2, 0.25) is 5.75 Å². The van der Waals surface area contributed by atoms with E-state index in [-0.39, 0.29) is 11.8 Å². The number of hydrogen-bond acceptors (Lipinski definition) is 4. The Hall–Kier alpha value is -2.21. The zero-order valence-corrected chi connectivity index (χ0v) is 10.3. The molecule has 0 saturated carbocycles. The number of para-hydroxylation sites is 1. The van der Waals surface area contributed by atoms with E-state index in [0.29, 0.717) is 5.69 Å². The predicted molar refractivity (Wildman–Crippen MR) is 66.6 cm³/mol. The molecule has 19 heavy (non-hydrogen) atoms. The lowest BCUT2D eigenvalue weighted by atomic mass is 10.3. The number of aromatic nitrogens is 1. The Morgan fingerprint density at radius 2 is 2.05 bits per heavy atom. The maximum atomic E-state index is 13.5. The van der Waals surface area contributed by atoms with E-state index in [0.717, 1.165) is 6.07 Å². The van der Waals surface area contributed by atoms with Crippen molar-refractivity contribution in [2.45, 2.75) is 6.61 Å². The molecule has 1 aromatic heterocycles. The number of rotatable bonds is 4. The molecule has 0 fully saturated rings. The third-order valence-electron chi connectivity index (χ3n) is 2.28. The molecule has 2 rings (SSSR count). The molecule has 1 heterocycles. The van der Waals surface area contributed by atoms with Gasteiger partial charge in [-0.05, 0) is 18.2 Å². The molecule has 5 nitrogen and oxygen atoms in total. The predicted octanol–water partition coefficient (Wildman–Crippen LogP) is 3.36. The van der Waals surface area contributed by atoms with E-state index in [1.165, 1.54) is 12.1 Å². The highest BCUT2D eigenvalue weighted by atomic mass is 35.5. The van der Waals surface area contributed by atoms with E-state index in [9.17, 15) is 14.5 Å². The summed E-state index contributed by atoms with van der Waals surface area (Å²) in [4.78, 5) is 14.0. The van der Waals surface area contributed by atoms with Crippen molar-refractivity contribution in [3.8, 4) is 5.75 Å². The Balaban J connectivity index is 2.22. The number of nitro groups is 1. The SMILES string of the molecule is O=[N+]([O-])c1cccc(F)c1OCc1cccc(Cl)n1. The Labute approximate surface area is 112 Å². The monoisotopic (exact) mass is 282 g/mol. The summed E-state index contributed by atoms with van der Waals surface area (Å²) in [6.07, 6.45) is 0. The molecule has 0 bridgehead atoms. The van der Waals surface area contributed by atoms with Crippen molar-refractivity contribution < 1.29 is 14.1 Å². The topological polar surface area (TPSA) is 65.3 Å². The van der Waals surface area contributed by atoms with Gasteiger partial charge in [0, 0.05) is 6.07 Å². The van der Waals surface area contributed by atoms with Gasteiger partial charge in [0.1, 0.15) is 11.8 Å². The standard InChI is InChI=1S/C12H8ClFN2O3/c13-11-6-1-3-8(15-11)7-19-12-9(14)4-2-5-10(12)16(17)18/h1-6H,7H2. The normalized spacial score (nSPS) is 10.2. The van der Waals surface area contributed by atoms with Crippen LogP contribution in [-0.4, -0.2) is 9.91 Å². The second kappa shape index (κ2) is 5.62. The first-order chi connectivity index (χ1) is 9.08. The van der Waals surface area contributed by atoms with E-state index >= 15 is 0 Å². The van der Waals surface area contributed by atoms with Gasteiger partial charge in [-0.3, -0.25) is 10.1 Å². The molecule has 0 spiro atoms. The van der Waals surface area contributed by atoms with E-state index in [4.69, 9.17) is 16.3 Å². The van der Waals surface area contributed by atoms with E-state index in [2.05, 4.69) is 4.98 Å². The third-order valence-corrected chi connectivity index (χ3v) is 2.49. The molecule has 0 saturated heterocycles. The molecule has 0 aliphatic heterocycles. The molecule has 1 aromatic carbocycles. The smallest absolute Gasteiger partial charge is 0.314 e. The number of hydrogen-bond donors (Lipinski definition) is 0. The Morgan fingerprint density at radius 3 is 2.74 bits per heavy atom. The minimum Gasteiger partial charge on any atom is -0.478 e. The lowest BCUT2D eigenvalue weighted by molar-refractivity contribution is -0.386. The zero-order valence-electron chi connectivity index (χ0n) is 9.55. The van der Waals surface area contributed by atoms with Gasteiger partial charge >= 0.3 is 5.69 Å². The van der Waals surface area contributed by atoms with E-state index < -0.39 is 22.2 Å². The first kappa shape index (κ1) is 13.2. The fourth-order valence-corrected chi connectivity index (χ4v) is 1.64. The van der Waals surface area contributed by atoms with E-state index in [1.807, 2.05) is 0 Å². The number of pyridine rings is 1. The van der Waals surface area contributed by atoms with Crippen LogP contribution in [0.2, 0.25) is 5.15 Å². The molecule has 98 valence electrons. The summed E-state index contributed by atoms with van der Waals surface area (Å²) >= 11 is 5.69. The molecule has 0 aliphatic carbocycles. The van der Waals surface area contributed by atoms with Crippen LogP contribution in [0.25, 0.3) is 0 Å². The van der Waals surface area contributed by atoms with Gasteiger partial charge < -0.3 is 4.74 Å². The number of halogens is 2. The first-order valence-electron chi connectivity index (χ1n) is 5.25. The fourth-order valence-electron chi connectivity index (χ4n) is 1.46. The van der Waals surface area contributed by atoms with Crippen LogP contribution < -0.4 is 4.74 Å². The molecule has 0 radical (unpaired) electrons.